The zero-order chi connectivity index (χ0) is 18.5. The average molecular weight is 369 g/mol. The molecule has 0 saturated carbocycles. The van der Waals surface area contributed by atoms with Crippen molar-refractivity contribution in [2.45, 2.75) is 32.7 Å². The molecule has 3 aromatic rings. The Bertz CT molecular complexity index is 887. The van der Waals surface area contributed by atoms with Crippen LogP contribution in [0.25, 0.3) is 11.3 Å². The molecule has 1 amide bonds. The number of rotatable bonds is 6. The minimum Gasteiger partial charge on any atom is -0.441 e. The molecular weight excluding hydrogens is 348 g/mol. The second-order valence-electron chi connectivity index (χ2n) is 6.30. The summed E-state index contributed by atoms with van der Waals surface area (Å²) in [4.78, 5) is 16.4. The first kappa shape index (κ1) is 18.2. The van der Waals surface area contributed by atoms with Crippen molar-refractivity contribution in [3.8, 4) is 11.3 Å². The normalized spacial score (nSPS) is 12.0. The Labute approximate surface area is 158 Å². The maximum Gasteiger partial charge on any atom is 0.220 e. The van der Waals surface area contributed by atoms with E-state index in [0.717, 1.165) is 11.1 Å². The summed E-state index contributed by atoms with van der Waals surface area (Å²) >= 11 is 6.17. The van der Waals surface area contributed by atoms with Gasteiger partial charge in [-0.1, -0.05) is 53.6 Å². The molecule has 26 heavy (non-hydrogen) atoms. The summed E-state index contributed by atoms with van der Waals surface area (Å²) in [6, 6.07) is 15.6. The van der Waals surface area contributed by atoms with Gasteiger partial charge in [0, 0.05) is 18.4 Å². The number of hydrogen-bond acceptors (Lipinski definition) is 3. The predicted molar refractivity (Wildman–Crippen MR) is 103 cm³/mol. The highest BCUT2D eigenvalue weighted by atomic mass is 35.5. The summed E-state index contributed by atoms with van der Waals surface area (Å²) in [5, 5.41) is 3.61. The van der Waals surface area contributed by atoms with Gasteiger partial charge in [-0.05, 0) is 31.5 Å². The van der Waals surface area contributed by atoms with Gasteiger partial charge < -0.3 is 9.73 Å². The molecule has 0 radical (unpaired) electrons. The first-order chi connectivity index (χ1) is 12.5. The van der Waals surface area contributed by atoms with Gasteiger partial charge in [0.05, 0.1) is 17.3 Å². The minimum absolute atomic E-state index is 0.0319. The van der Waals surface area contributed by atoms with E-state index in [9.17, 15) is 4.79 Å². The molecular formula is C21H21ClN2O2. The first-order valence-electron chi connectivity index (χ1n) is 8.58. The molecule has 5 heteroatoms. The number of amides is 1. The van der Waals surface area contributed by atoms with Gasteiger partial charge in [-0.3, -0.25) is 4.79 Å². The summed E-state index contributed by atoms with van der Waals surface area (Å²) in [5.74, 6) is 1.10. The van der Waals surface area contributed by atoms with Gasteiger partial charge in [-0.25, -0.2) is 4.98 Å². The molecule has 1 aromatic heterocycles. The Balaban J connectivity index is 1.55. The lowest BCUT2D eigenvalue weighted by molar-refractivity contribution is -0.121. The number of oxazole rings is 1. The SMILES string of the molecule is Cc1ccc(C(C)NC(=O)CCc2ncc(-c3ccccc3Cl)o2)cc1. The zero-order valence-corrected chi connectivity index (χ0v) is 15.6. The number of carbonyl (C=O) groups excluding carboxylic acids is 1. The van der Waals surface area contributed by atoms with Gasteiger partial charge in [0.25, 0.3) is 0 Å². The van der Waals surface area contributed by atoms with Gasteiger partial charge in [-0.15, -0.1) is 0 Å². The quantitative estimate of drug-likeness (QED) is 0.657. The Morgan fingerprint density at radius 1 is 1.19 bits per heavy atom. The molecule has 0 fully saturated rings. The van der Waals surface area contributed by atoms with Crippen molar-refractivity contribution in [2.75, 3.05) is 0 Å². The molecule has 134 valence electrons. The molecule has 1 atom stereocenters. The molecule has 2 aromatic carbocycles. The van der Waals surface area contributed by atoms with Gasteiger partial charge >= 0.3 is 0 Å². The van der Waals surface area contributed by atoms with E-state index in [1.807, 2.05) is 56.3 Å². The van der Waals surface area contributed by atoms with Crippen molar-refractivity contribution in [1.82, 2.24) is 10.3 Å². The highest BCUT2D eigenvalue weighted by Gasteiger charge is 2.13. The van der Waals surface area contributed by atoms with Crippen molar-refractivity contribution in [3.63, 3.8) is 0 Å². The molecule has 1 heterocycles. The number of aromatic nitrogens is 1. The summed E-state index contributed by atoms with van der Waals surface area (Å²) < 4.78 is 5.73. The van der Waals surface area contributed by atoms with E-state index in [2.05, 4.69) is 10.3 Å². The highest BCUT2D eigenvalue weighted by molar-refractivity contribution is 6.33. The van der Waals surface area contributed by atoms with Crippen LogP contribution in [0.5, 0.6) is 0 Å². The molecule has 0 spiro atoms. The Morgan fingerprint density at radius 3 is 2.65 bits per heavy atom. The van der Waals surface area contributed by atoms with Crippen LogP contribution >= 0.6 is 11.6 Å². The summed E-state index contributed by atoms with van der Waals surface area (Å²) in [5.41, 5.74) is 3.08. The number of benzene rings is 2. The molecule has 1 unspecified atom stereocenters. The summed E-state index contributed by atoms with van der Waals surface area (Å²) in [6.45, 7) is 4.02. The minimum atomic E-state index is -0.0358. The van der Waals surface area contributed by atoms with E-state index >= 15 is 0 Å². The maximum absolute atomic E-state index is 12.2. The van der Waals surface area contributed by atoms with E-state index in [4.69, 9.17) is 16.0 Å². The lowest BCUT2D eigenvalue weighted by Gasteiger charge is -2.14. The van der Waals surface area contributed by atoms with Crippen LogP contribution in [0.15, 0.2) is 59.1 Å². The predicted octanol–water partition coefficient (Wildman–Crippen LogP) is 5.11. The Kier molecular flexibility index (Phi) is 5.74. The Hall–Kier alpha value is -2.59. The van der Waals surface area contributed by atoms with Crippen LogP contribution in [0, 0.1) is 6.92 Å². The van der Waals surface area contributed by atoms with E-state index in [0.29, 0.717) is 29.5 Å². The van der Waals surface area contributed by atoms with E-state index < -0.39 is 0 Å². The van der Waals surface area contributed by atoms with E-state index in [1.54, 1.807) is 12.3 Å². The topological polar surface area (TPSA) is 55.1 Å². The number of aryl methyl sites for hydroxylation is 2. The van der Waals surface area contributed by atoms with E-state index in [1.165, 1.54) is 5.56 Å². The van der Waals surface area contributed by atoms with Gasteiger partial charge in [0.15, 0.2) is 11.7 Å². The van der Waals surface area contributed by atoms with Crippen molar-refractivity contribution >= 4 is 17.5 Å². The molecule has 1 N–H and O–H groups in total. The van der Waals surface area contributed by atoms with Crippen LogP contribution in [-0.4, -0.2) is 10.9 Å². The fourth-order valence-corrected chi connectivity index (χ4v) is 2.91. The number of halogens is 1. The lowest BCUT2D eigenvalue weighted by Crippen LogP contribution is -2.26. The van der Waals surface area contributed by atoms with Crippen LogP contribution in [0.3, 0.4) is 0 Å². The van der Waals surface area contributed by atoms with Crippen LogP contribution in [0.1, 0.15) is 36.4 Å². The first-order valence-corrected chi connectivity index (χ1v) is 8.96. The lowest BCUT2D eigenvalue weighted by atomic mass is 10.1. The molecule has 0 aliphatic rings. The van der Waals surface area contributed by atoms with Crippen LogP contribution in [-0.2, 0) is 11.2 Å². The third kappa shape index (κ3) is 4.52. The van der Waals surface area contributed by atoms with Crippen molar-refractivity contribution in [1.29, 1.82) is 0 Å². The standard InChI is InChI=1S/C21H21ClN2O2/c1-14-7-9-16(10-8-14)15(2)24-20(25)11-12-21-23-13-19(26-21)17-5-3-4-6-18(17)22/h3-10,13,15H,11-12H2,1-2H3,(H,24,25). The molecule has 3 rings (SSSR count). The van der Waals surface area contributed by atoms with Crippen LogP contribution < -0.4 is 5.32 Å². The maximum atomic E-state index is 12.2. The average Bonchev–Trinajstić information content (AvgIpc) is 3.09. The molecule has 0 aliphatic heterocycles. The van der Waals surface area contributed by atoms with Gasteiger partial charge in [0.2, 0.25) is 5.91 Å². The monoisotopic (exact) mass is 368 g/mol. The van der Waals surface area contributed by atoms with E-state index in [-0.39, 0.29) is 11.9 Å². The van der Waals surface area contributed by atoms with Gasteiger partial charge in [-0.2, -0.15) is 0 Å². The number of nitrogens with one attached hydrogen (secondary N) is 1. The molecule has 0 bridgehead atoms. The Morgan fingerprint density at radius 2 is 1.92 bits per heavy atom. The highest BCUT2D eigenvalue weighted by Crippen LogP contribution is 2.28. The molecule has 0 saturated heterocycles. The van der Waals surface area contributed by atoms with Gasteiger partial charge in [0.1, 0.15) is 0 Å². The van der Waals surface area contributed by atoms with Crippen molar-refractivity contribution in [2.24, 2.45) is 0 Å². The molecule has 0 aliphatic carbocycles. The second-order valence-corrected chi connectivity index (χ2v) is 6.71. The van der Waals surface area contributed by atoms with Crippen molar-refractivity contribution in [3.05, 3.63) is 76.8 Å². The van der Waals surface area contributed by atoms with Crippen LogP contribution in [0.4, 0.5) is 0 Å². The summed E-state index contributed by atoms with van der Waals surface area (Å²) in [7, 11) is 0. The number of nitrogens with zero attached hydrogens (tertiary/aromatic N) is 1. The van der Waals surface area contributed by atoms with Crippen molar-refractivity contribution < 1.29 is 9.21 Å². The third-order valence-electron chi connectivity index (χ3n) is 4.21. The fraction of sp³-hybridized carbons (Fsp3) is 0.238. The van der Waals surface area contributed by atoms with Crippen LogP contribution in [0.2, 0.25) is 5.02 Å². The largest absolute Gasteiger partial charge is 0.441 e. The summed E-state index contributed by atoms with van der Waals surface area (Å²) in [6.07, 6.45) is 2.40. The number of hydrogen-bond donors (Lipinski definition) is 1. The number of carbonyl (C=O) groups is 1. The fourth-order valence-electron chi connectivity index (χ4n) is 2.68. The smallest absolute Gasteiger partial charge is 0.220 e. The second kappa shape index (κ2) is 8.19. The third-order valence-corrected chi connectivity index (χ3v) is 4.54. The molecule has 4 nitrogen and oxygen atoms in total. The zero-order valence-electron chi connectivity index (χ0n) is 14.8.